The van der Waals surface area contributed by atoms with Gasteiger partial charge in [0.15, 0.2) is 0 Å². The molecule has 4 nitrogen and oxygen atoms in total. The predicted octanol–water partition coefficient (Wildman–Crippen LogP) is 1.73. The summed E-state index contributed by atoms with van der Waals surface area (Å²) in [6.45, 7) is 0.901. The van der Waals surface area contributed by atoms with Crippen molar-refractivity contribution in [3.63, 3.8) is 0 Å². The zero-order valence-corrected chi connectivity index (χ0v) is 9.93. The molecule has 1 N–H and O–H groups in total. The van der Waals surface area contributed by atoms with Crippen LogP contribution in [0.5, 0.6) is 0 Å². The summed E-state index contributed by atoms with van der Waals surface area (Å²) in [6.07, 6.45) is 8.36. The first-order valence-electron chi connectivity index (χ1n) is 5.98. The summed E-state index contributed by atoms with van der Waals surface area (Å²) in [5.41, 5.74) is 3.29. The van der Waals surface area contributed by atoms with E-state index in [9.17, 15) is 0 Å². The van der Waals surface area contributed by atoms with E-state index in [1.807, 2.05) is 36.4 Å². The molecule has 0 saturated heterocycles. The van der Waals surface area contributed by atoms with E-state index in [1.54, 1.807) is 0 Å². The number of aromatic nitrogens is 3. The van der Waals surface area contributed by atoms with E-state index in [4.69, 9.17) is 0 Å². The summed E-state index contributed by atoms with van der Waals surface area (Å²) in [4.78, 5) is 4.28. The quantitative estimate of drug-likeness (QED) is 0.866. The molecule has 0 atom stereocenters. The van der Waals surface area contributed by atoms with Crippen LogP contribution in [-0.4, -0.2) is 20.8 Å². The molecule has 0 bridgehead atoms. The van der Waals surface area contributed by atoms with Crippen molar-refractivity contribution in [3.8, 4) is 11.3 Å². The van der Waals surface area contributed by atoms with E-state index in [-0.39, 0.29) is 0 Å². The second kappa shape index (κ2) is 4.30. The number of hydrogen-bond donors (Lipinski definition) is 1. The van der Waals surface area contributed by atoms with Gasteiger partial charge >= 0.3 is 0 Å². The Morgan fingerprint density at radius 1 is 1.41 bits per heavy atom. The molecular weight excluding hydrogens is 212 g/mol. The number of rotatable bonds is 4. The van der Waals surface area contributed by atoms with E-state index >= 15 is 0 Å². The number of nitrogens with zero attached hydrogens (tertiary/aromatic N) is 3. The number of aryl methyl sites for hydroxylation is 1. The smallest absolute Gasteiger partial charge is 0.0938 e. The van der Waals surface area contributed by atoms with Gasteiger partial charge in [0.2, 0.25) is 0 Å². The lowest BCUT2D eigenvalue weighted by Gasteiger charge is -2.04. The maximum Gasteiger partial charge on any atom is 0.0938 e. The molecule has 3 rings (SSSR count). The Bertz CT molecular complexity index is 514. The van der Waals surface area contributed by atoms with Crippen LogP contribution in [0.3, 0.4) is 0 Å². The summed E-state index contributed by atoms with van der Waals surface area (Å²) in [6, 6.07) is 4.90. The molecule has 2 aromatic rings. The lowest BCUT2D eigenvalue weighted by Crippen LogP contribution is -2.15. The standard InChI is InChI=1S/C13H16N4/c1-17-5-4-13(16-17)11-6-10(7-14-9-11)8-15-12-2-3-12/h4-7,9,12,15H,2-3,8H2,1H3. The van der Waals surface area contributed by atoms with Crippen molar-refractivity contribution in [2.75, 3.05) is 0 Å². The van der Waals surface area contributed by atoms with E-state index < -0.39 is 0 Å². The largest absolute Gasteiger partial charge is 0.310 e. The third-order valence-corrected chi connectivity index (χ3v) is 2.98. The van der Waals surface area contributed by atoms with E-state index in [2.05, 4.69) is 21.5 Å². The Hall–Kier alpha value is -1.68. The molecule has 2 aromatic heterocycles. The lowest BCUT2D eigenvalue weighted by molar-refractivity contribution is 0.686. The summed E-state index contributed by atoms with van der Waals surface area (Å²) >= 11 is 0. The fourth-order valence-corrected chi connectivity index (χ4v) is 1.84. The number of hydrogen-bond acceptors (Lipinski definition) is 3. The highest BCUT2D eigenvalue weighted by Crippen LogP contribution is 2.20. The van der Waals surface area contributed by atoms with E-state index in [1.165, 1.54) is 18.4 Å². The van der Waals surface area contributed by atoms with Gasteiger partial charge in [0.1, 0.15) is 0 Å². The van der Waals surface area contributed by atoms with Gasteiger partial charge < -0.3 is 5.32 Å². The van der Waals surface area contributed by atoms with Crippen LogP contribution >= 0.6 is 0 Å². The fourth-order valence-electron chi connectivity index (χ4n) is 1.84. The van der Waals surface area contributed by atoms with Crippen LogP contribution in [0.15, 0.2) is 30.7 Å². The van der Waals surface area contributed by atoms with Gasteiger partial charge in [0, 0.05) is 43.8 Å². The molecule has 1 saturated carbocycles. The first kappa shape index (κ1) is 10.5. The van der Waals surface area contributed by atoms with Gasteiger partial charge in [-0.2, -0.15) is 5.10 Å². The first-order valence-corrected chi connectivity index (χ1v) is 5.98. The van der Waals surface area contributed by atoms with Gasteiger partial charge in [-0.3, -0.25) is 9.67 Å². The van der Waals surface area contributed by atoms with Gasteiger partial charge in [-0.15, -0.1) is 0 Å². The second-order valence-electron chi connectivity index (χ2n) is 4.61. The zero-order chi connectivity index (χ0) is 11.7. The molecule has 0 aromatic carbocycles. The van der Waals surface area contributed by atoms with Crippen molar-refractivity contribution in [1.82, 2.24) is 20.1 Å². The summed E-state index contributed by atoms with van der Waals surface area (Å²) in [5.74, 6) is 0. The summed E-state index contributed by atoms with van der Waals surface area (Å²) in [5, 5.41) is 7.88. The van der Waals surface area contributed by atoms with Crippen LogP contribution in [-0.2, 0) is 13.6 Å². The lowest BCUT2D eigenvalue weighted by atomic mass is 10.1. The van der Waals surface area contributed by atoms with Crippen molar-refractivity contribution in [3.05, 3.63) is 36.3 Å². The molecule has 4 heteroatoms. The fraction of sp³-hybridized carbons (Fsp3) is 0.385. The van der Waals surface area contributed by atoms with Gasteiger partial charge in [-0.1, -0.05) is 0 Å². The third-order valence-electron chi connectivity index (χ3n) is 2.98. The molecule has 0 aliphatic heterocycles. The maximum atomic E-state index is 4.39. The maximum absolute atomic E-state index is 4.39. The minimum Gasteiger partial charge on any atom is -0.310 e. The Morgan fingerprint density at radius 3 is 3.00 bits per heavy atom. The minimum atomic E-state index is 0.730. The van der Waals surface area contributed by atoms with Crippen molar-refractivity contribution < 1.29 is 0 Å². The minimum absolute atomic E-state index is 0.730. The van der Waals surface area contributed by atoms with Crippen molar-refractivity contribution in [1.29, 1.82) is 0 Å². The normalized spacial score (nSPS) is 15.1. The van der Waals surface area contributed by atoms with Crippen LogP contribution in [0.25, 0.3) is 11.3 Å². The van der Waals surface area contributed by atoms with E-state index in [0.717, 1.165) is 23.8 Å². The van der Waals surface area contributed by atoms with Crippen LogP contribution in [0, 0.1) is 0 Å². The Kier molecular flexibility index (Phi) is 2.65. The van der Waals surface area contributed by atoms with Crippen molar-refractivity contribution >= 4 is 0 Å². The molecule has 17 heavy (non-hydrogen) atoms. The van der Waals surface area contributed by atoms with Crippen LogP contribution in [0.1, 0.15) is 18.4 Å². The van der Waals surface area contributed by atoms with E-state index in [0.29, 0.717) is 0 Å². The second-order valence-corrected chi connectivity index (χ2v) is 4.61. The molecule has 1 aliphatic carbocycles. The molecule has 0 spiro atoms. The Labute approximate surface area is 101 Å². The molecule has 2 heterocycles. The monoisotopic (exact) mass is 228 g/mol. The molecular formula is C13H16N4. The summed E-state index contributed by atoms with van der Waals surface area (Å²) in [7, 11) is 1.93. The highest BCUT2D eigenvalue weighted by molar-refractivity contribution is 5.57. The topological polar surface area (TPSA) is 42.7 Å². The first-order chi connectivity index (χ1) is 8.31. The van der Waals surface area contributed by atoms with Gasteiger partial charge in [-0.25, -0.2) is 0 Å². The van der Waals surface area contributed by atoms with Gasteiger partial charge in [0.25, 0.3) is 0 Å². The predicted molar refractivity (Wildman–Crippen MR) is 66.3 cm³/mol. The average molecular weight is 228 g/mol. The SMILES string of the molecule is Cn1ccc(-c2cncc(CNC3CC3)c2)n1. The third kappa shape index (κ3) is 2.53. The molecule has 0 amide bonds. The molecule has 88 valence electrons. The van der Waals surface area contributed by atoms with Crippen LogP contribution in [0.2, 0.25) is 0 Å². The number of pyridine rings is 1. The Morgan fingerprint density at radius 2 is 2.29 bits per heavy atom. The van der Waals surface area contributed by atoms with Gasteiger partial charge in [-0.05, 0) is 30.5 Å². The Balaban J connectivity index is 1.77. The van der Waals surface area contributed by atoms with Gasteiger partial charge in [0.05, 0.1) is 5.69 Å². The van der Waals surface area contributed by atoms with Crippen LogP contribution < -0.4 is 5.32 Å². The summed E-state index contributed by atoms with van der Waals surface area (Å²) < 4.78 is 1.81. The van der Waals surface area contributed by atoms with Crippen molar-refractivity contribution in [2.45, 2.75) is 25.4 Å². The van der Waals surface area contributed by atoms with Crippen molar-refractivity contribution in [2.24, 2.45) is 7.05 Å². The molecule has 0 unspecified atom stereocenters. The average Bonchev–Trinajstić information content (AvgIpc) is 3.08. The van der Waals surface area contributed by atoms with Crippen LogP contribution in [0.4, 0.5) is 0 Å². The molecule has 1 aliphatic rings. The highest BCUT2D eigenvalue weighted by Gasteiger charge is 2.19. The highest BCUT2D eigenvalue weighted by atomic mass is 15.2. The number of nitrogens with one attached hydrogen (secondary N) is 1. The molecule has 0 radical (unpaired) electrons. The molecule has 1 fully saturated rings. The zero-order valence-electron chi connectivity index (χ0n) is 9.93.